The van der Waals surface area contributed by atoms with Gasteiger partial charge in [-0.05, 0) is 37.1 Å². The van der Waals surface area contributed by atoms with E-state index in [9.17, 15) is 14.4 Å². The first-order chi connectivity index (χ1) is 12.9. The Morgan fingerprint density at radius 2 is 1.89 bits per heavy atom. The van der Waals surface area contributed by atoms with Gasteiger partial charge in [0.25, 0.3) is 0 Å². The van der Waals surface area contributed by atoms with E-state index in [0.29, 0.717) is 10.7 Å². The molecule has 7 heteroatoms. The van der Waals surface area contributed by atoms with Crippen LogP contribution < -0.4 is 4.90 Å². The predicted molar refractivity (Wildman–Crippen MR) is 106 cm³/mol. The number of anilines is 1. The molecule has 3 amide bonds. The third-order valence-electron chi connectivity index (χ3n) is 4.93. The molecule has 0 aliphatic carbocycles. The summed E-state index contributed by atoms with van der Waals surface area (Å²) in [5.74, 6) is -0.414. The van der Waals surface area contributed by atoms with Crippen LogP contribution in [-0.4, -0.2) is 54.3 Å². The Bertz CT molecular complexity index is 678. The summed E-state index contributed by atoms with van der Waals surface area (Å²) in [6, 6.07) is 6.93. The second kappa shape index (κ2) is 9.74. The summed E-state index contributed by atoms with van der Waals surface area (Å²) in [7, 11) is 1.66. The van der Waals surface area contributed by atoms with Crippen LogP contribution in [0.5, 0.6) is 0 Å². The highest BCUT2D eigenvalue weighted by atomic mass is 35.5. The largest absolute Gasteiger partial charge is 0.336 e. The summed E-state index contributed by atoms with van der Waals surface area (Å²) >= 11 is 5.88. The molecule has 1 aromatic rings. The van der Waals surface area contributed by atoms with Crippen molar-refractivity contribution in [1.82, 2.24) is 9.80 Å². The first-order valence-electron chi connectivity index (χ1n) is 9.46. The highest BCUT2D eigenvalue weighted by Gasteiger charge is 2.33. The zero-order valence-corrected chi connectivity index (χ0v) is 17.0. The van der Waals surface area contributed by atoms with Gasteiger partial charge in [-0.1, -0.05) is 38.3 Å². The van der Waals surface area contributed by atoms with Gasteiger partial charge in [-0.25, -0.2) is 0 Å². The molecule has 1 unspecified atom stereocenters. The van der Waals surface area contributed by atoms with E-state index in [1.807, 2.05) is 6.92 Å². The number of hydrogen-bond acceptors (Lipinski definition) is 3. The smallest absolute Gasteiger partial charge is 0.248 e. The lowest BCUT2D eigenvalue weighted by molar-refractivity contribution is -0.141. The van der Waals surface area contributed by atoms with Crippen LogP contribution in [-0.2, 0) is 14.4 Å². The molecule has 148 valence electrons. The van der Waals surface area contributed by atoms with Crippen LogP contribution >= 0.6 is 11.6 Å². The van der Waals surface area contributed by atoms with Gasteiger partial charge in [0.1, 0.15) is 13.2 Å². The summed E-state index contributed by atoms with van der Waals surface area (Å²) < 4.78 is 0. The van der Waals surface area contributed by atoms with Crippen LogP contribution in [0.15, 0.2) is 24.3 Å². The molecule has 0 aromatic heterocycles. The molecule has 27 heavy (non-hydrogen) atoms. The predicted octanol–water partition coefficient (Wildman–Crippen LogP) is 3.15. The number of nitrogens with zero attached hydrogens (tertiary/aromatic N) is 3. The van der Waals surface area contributed by atoms with Gasteiger partial charge in [0.2, 0.25) is 17.7 Å². The molecular weight excluding hydrogens is 366 g/mol. The van der Waals surface area contributed by atoms with Crippen molar-refractivity contribution < 1.29 is 14.4 Å². The Balaban J connectivity index is 1.94. The molecule has 1 saturated heterocycles. The number of unbranched alkanes of at least 4 members (excludes halogenated alkanes) is 1. The van der Waals surface area contributed by atoms with E-state index in [0.717, 1.165) is 25.7 Å². The van der Waals surface area contributed by atoms with Crippen molar-refractivity contribution in [2.24, 2.45) is 5.92 Å². The van der Waals surface area contributed by atoms with Crippen LogP contribution in [0.1, 0.15) is 39.5 Å². The number of carbonyl (C=O) groups is 3. The van der Waals surface area contributed by atoms with E-state index >= 15 is 0 Å². The van der Waals surface area contributed by atoms with Crippen molar-refractivity contribution in [1.29, 1.82) is 0 Å². The lowest BCUT2D eigenvalue weighted by Crippen LogP contribution is -2.42. The lowest BCUT2D eigenvalue weighted by atomic mass is 9.98. The molecule has 1 atom stereocenters. The second-order valence-electron chi connectivity index (χ2n) is 6.97. The Labute approximate surface area is 166 Å². The normalized spacial score (nSPS) is 15.2. The van der Waals surface area contributed by atoms with Gasteiger partial charge in [0.15, 0.2) is 0 Å². The van der Waals surface area contributed by atoms with E-state index in [2.05, 4.69) is 6.92 Å². The highest BCUT2D eigenvalue weighted by molar-refractivity contribution is 6.30. The molecule has 2 rings (SSSR count). The molecule has 6 nitrogen and oxygen atoms in total. The minimum absolute atomic E-state index is 0.000573. The van der Waals surface area contributed by atoms with Gasteiger partial charge in [-0.2, -0.15) is 0 Å². The van der Waals surface area contributed by atoms with E-state index in [4.69, 9.17) is 11.6 Å². The van der Waals surface area contributed by atoms with Gasteiger partial charge in [0, 0.05) is 23.7 Å². The van der Waals surface area contributed by atoms with Crippen molar-refractivity contribution in [2.75, 3.05) is 31.7 Å². The Morgan fingerprint density at radius 1 is 1.22 bits per heavy atom. The van der Waals surface area contributed by atoms with Gasteiger partial charge in [-0.15, -0.1) is 0 Å². The number of amides is 3. The number of halogens is 1. The van der Waals surface area contributed by atoms with Crippen LogP contribution in [0.25, 0.3) is 0 Å². The number of hydrogen-bond donors (Lipinski definition) is 0. The first-order valence-corrected chi connectivity index (χ1v) is 9.83. The summed E-state index contributed by atoms with van der Waals surface area (Å²) in [6.45, 7) is 4.30. The van der Waals surface area contributed by atoms with Gasteiger partial charge < -0.3 is 9.80 Å². The second-order valence-corrected chi connectivity index (χ2v) is 7.41. The van der Waals surface area contributed by atoms with Crippen molar-refractivity contribution in [2.45, 2.75) is 39.5 Å². The third kappa shape index (κ3) is 5.45. The van der Waals surface area contributed by atoms with Crippen molar-refractivity contribution in [3.63, 3.8) is 0 Å². The summed E-state index contributed by atoms with van der Waals surface area (Å²) in [5, 5.41) is 0.590. The quantitative estimate of drug-likeness (QED) is 0.681. The SMILES string of the molecule is CCCCC(CC)C(=O)N(C)CC(=O)N1CC(=O)N(c2ccc(Cl)cc2)C1. The van der Waals surface area contributed by atoms with Gasteiger partial charge in [-0.3, -0.25) is 19.3 Å². The first kappa shape index (κ1) is 21.2. The maximum absolute atomic E-state index is 12.6. The standard InChI is InChI=1S/C20H28ClN3O3/c1-4-6-7-15(5-2)20(27)22(3)12-18(25)23-13-19(26)24(14-23)17-10-8-16(21)9-11-17/h8-11,15H,4-7,12-14H2,1-3H3. The molecule has 0 spiro atoms. The molecule has 0 N–H and O–H groups in total. The minimum atomic E-state index is -0.221. The number of likely N-dealkylation sites (N-methyl/N-ethyl adjacent to an activating group) is 1. The van der Waals surface area contributed by atoms with Crippen LogP contribution in [0, 0.1) is 5.92 Å². The topological polar surface area (TPSA) is 60.9 Å². The summed E-state index contributed by atoms with van der Waals surface area (Å²) in [5.41, 5.74) is 0.703. The van der Waals surface area contributed by atoms with Crippen molar-refractivity contribution >= 4 is 35.0 Å². The fourth-order valence-electron chi connectivity index (χ4n) is 3.21. The molecule has 1 fully saturated rings. The summed E-state index contributed by atoms with van der Waals surface area (Å²) in [4.78, 5) is 42.0. The fourth-order valence-corrected chi connectivity index (χ4v) is 3.33. The van der Waals surface area contributed by atoms with E-state index in [-0.39, 0.29) is 43.4 Å². The Hall–Kier alpha value is -2.08. The van der Waals surface area contributed by atoms with E-state index < -0.39 is 0 Å². The minimum Gasteiger partial charge on any atom is -0.336 e. The van der Waals surface area contributed by atoms with Crippen molar-refractivity contribution in [3.05, 3.63) is 29.3 Å². The molecule has 0 radical (unpaired) electrons. The maximum Gasteiger partial charge on any atom is 0.248 e. The average molecular weight is 394 g/mol. The lowest BCUT2D eigenvalue weighted by Gasteiger charge is -2.25. The van der Waals surface area contributed by atoms with Crippen molar-refractivity contribution in [3.8, 4) is 0 Å². The molecule has 0 bridgehead atoms. The average Bonchev–Trinajstić information content (AvgIpc) is 3.04. The van der Waals surface area contributed by atoms with Gasteiger partial charge in [0.05, 0.1) is 6.54 Å². The zero-order chi connectivity index (χ0) is 20.0. The monoisotopic (exact) mass is 393 g/mol. The molecule has 0 saturated carbocycles. The fraction of sp³-hybridized carbons (Fsp3) is 0.550. The van der Waals surface area contributed by atoms with E-state index in [1.165, 1.54) is 9.80 Å². The zero-order valence-electron chi connectivity index (χ0n) is 16.3. The van der Waals surface area contributed by atoms with Gasteiger partial charge >= 0.3 is 0 Å². The van der Waals surface area contributed by atoms with Crippen LogP contribution in [0.3, 0.4) is 0 Å². The Kier molecular flexibility index (Phi) is 7.66. The highest BCUT2D eigenvalue weighted by Crippen LogP contribution is 2.22. The third-order valence-corrected chi connectivity index (χ3v) is 5.18. The molecule has 1 aromatic carbocycles. The van der Waals surface area contributed by atoms with E-state index in [1.54, 1.807) is 36.2 Å². The number of benzene rings is 1. The number of carbonyl (C=O) groups excluding carboxylic acids is 3. The molecule has 1 aliphatic heterocycles. The molecule has 1 heterocycles. The Morgan fingerprint density at radius 3 is 2.48 bits per heavy atom. The van der Waals surface area contributed by atoms with Crippen LogP contribution in [0.4, 0.5) is 5.69 Å². The molecular formula is C20H28ClN3O3. The summed E-state index contributed by atoms with van der Waals surface area (Å²) in [6.07, 6.45) is 3.66. The van der Waals surface area contributed by atoms with Crippen LogP contribution in [0.2, 0.25) is 5.02 Å². The molecule has 1 aliphatic rings. The maximum atomic E-state index is 12.6. The number of rotatable bonds is 8.